The van der Waals surface area contributed by atoms with Crippen molar-refractivity contribution >= 4 is 46.2 Å². The van der Waals surface area contributed by atoms with Crippen LogP contribution in [-0.4, -0.2) is 47.0 Å². The molecule has 0 radical (unpaired) electrons. The number of non-ortho nitro benzene ring substituents is 2. The number of nitrogens with one attached hydrogen (secondary N) is 3. The maximum Gasteiger partial charge on any atom is 0.277 e. The second-order valence-electron chi connectivity index (χ2n) is 5.99. The normalized spacial score (nSPS) is 10.1. The van der Waals surface area contributed by atoms with Gasteiger partial charge in [-0.25, -0.2) is 0 Å². The Hall–Kier alpha value is -3.97. The fourth-order valence-corrected chi connectivity index (χ4v) is 2.59. The highest BCUT2D eigenvalue weighted by Gasteiger charge is 2.20. The lowest BCUT2D eigenvalue weighted by molar-refractivity contribution is -0.394. The van der Waals surface area contributed by atoms with Gasteiger partial charge in [0.25, 0.3) is 23.2 Å². The minimum Gasteiger partial charge on any atom is -0.383 e. The number of amides is 2. The number of methoxy groups -OCH3 is 1. The Balaban J connectivity index is 2.08. The quantitative estimate of drug-likeness (QED) is 0.237. The molecule has 162 valence electrons. The number of nitrogens with zero attached hydrogens (tertiary/aromatic N) is 2. The lowest BCUT2D eigenvalue weighted by Gasteiger charge is -2.11. The summed E-state index contributed by atoms with van der Waals surface area (Å²) < 4.78 is 4.86. The molecular formula is C18H17N5O7S. The Morgan fingerprint density at radius 3 is 2.23 bits per heavy atom. The molecule has 2 rings (SSSR count). The summed E-state index contributed by atoms with van der Waals surface area (Å²) in [6, 6.07) is 8.82. The first kappa shape index (κ1) is 23.3. The van der Waals surface area contributed by atoms with Gasteiger partial charge >= 0.3 is 0 Å². The van der Waals surface area contributed by atoms with E-state index in [0.717, 1.165) is 18.2 Å². The van der Waals surface area contributed by atoms with E-state index in [2.05, 4.69) is 16.0 Å². The molecule has 0 aromatic heterocycles. The number of hydrogen-bond donors (Lipinski definition) is 3. The average Bonchev–Trinajstić information content (AvgIpc) is 2.73. The van der Waals surface area contributed by atoms with Crippen molar-refractivity contribution in [3.63, 3.8) is 0 Å². The number of carbonyl (C=O) groups excluding carboxylic acids is 2. The molecule has 0 aliphatic carbocycles. The molecule has 0 saturated carbocycles. The molecule has 2 amide bonds. The van der Waals surface area contributed by atoms with Gasteiger partial charge in [-0.2, -0.15) is 0 Å². The molecule has 31 heavy (non-hydrogen) atoms. The molecule has 0 heterocycles. The number of thiocarbonyl (C=S) groups is 1. The van der Waals surface area contributed by atoms with Crippen LogP contribution in [0.25, 0.3) is 0 Å². The molecule has 0 unspecified atom stereocenters. The van der Waals surface area contributed by atoms with Gasteiger partial charge in [0, 0.05) is 37.0 Å². The molecule has 0 spiro atoms. The smallest absolute Gasteiger partial charge is 0.277 e. The Labute approximate surface area is 180 Å². The molecule has 0 fully saturated rings. The number of nitro benzene ring substituents is 2. The van der Waals surface area contributed by atoms with E-state index in [1.165, 1.54) is 13.2 Å². The van der Waals surface area contributed by atoms with Crippen molar-refractivity contribution in [2.45, 2.75) is 0 Å². The van der Waals surface area contributed by atoms with Crippen molar-refractivity contribution in [1.29, 1.82) is 0 Å². The highest BCUT2D eigenvalue weighted by atomic mass is 32.1. The molecule has 0 aliphatic rings. The molecule has 0 saturated heterocycles. The van der Waals surface area contributed by atoms with E-state index in [9.17, 15) is 29.8 Å². The monoisotopic (exact) mass is 447 g/mol. The summed E-state index contributed by atoms with van der Waals surface area (Å²) in [5.41, 5.74) is -0.786. The summed E-state index contributed by atoms with van der Waals surface area (Å²) in [7, 11) is 1.51. The van der Waals surface area contributed by atoms with Gasteiger partial charge in [0.1, 0.15) is 0 Å². The number of anilines is 1. The maximum atomic E-state index is 12.4. The number of hydrogen-bond acceptors (Lipinski definition) is 8. The van der Waals surface area contributed by atoms with Crippen LogP contribution >= 0.6 is 12.2 Å². The van der Waals surface area contributed by atoms with Crippen LogP contribution in [0.1, 0.15) is 20.7 Å². The highest BCUT2D eigenvalue weighted by molar-refractivity contribution is 7.80. The van der Waals surface area contributed by atoms with E-state index in [-0.39, 0.29) is 16.6 Å². The zero-order valence-corrected chi connectivity index (χ0v) is 16.9. The van der Waals surface area contributed by atoms with Crippen LogP contribution in [0.5, 0.6) is 0 Å². The number of benzene rings is 2. The fourth-order valence-electron chi connectivity index (χ4n) is 2.38. The summed E-state index contributed by atoms with van der Waals surface area (Å²) in [6.07, 6.45) is 0. The van der Waals surface area contributed by atoms with Gasteiger partial charge in [0.05, 0.1) is 28.1 Å². The Morgan fingerprint density at radius 2 is 1.65 bits per heavy atom. The van der Waals surface area contributed by atoms with Gasteiger partial charge in [-0.3, -0.25) is 35.1 Å². The molecule has 12 nitrogen and oxygen atoms in total. The molecule has 2 aromatic rings. The minimum absolute atomic E-state index is 0.170. The van der Waals surface area contributed by atoms with E-state index in [4.69, 9.17) is 17.0 Å². The first-order valence-corrected chi connectivity index (χ1v) is 9.05. The number of carbonyl (C=O) groups is 2. The van der Waals surface area contributed by atoms with E-state index in [1.54, 1.807) is 18.2 Å². The van der Waals surface area contributed by atoms with E-state index in [1.807, 2.05) is 0 Å². The highest BCUT2D eigenvalue weighted by Crippen LogP contribution is 2.22. The van der Waals surface area contributed by atoms with Gasteiger partial charge in [-0.15, -0.1) is 0 Å². The van der Waals surface area contributed by atoms with Crippen molar-refractivity contribution in [3.8, 4) is 0 Å². The standard InChI is InChI=1S/C18H17N5O7S/c1-30-6-5-19-16(24)11-3-2-4-13(7-11)20-18(31)21-17(25)12-8-14(22(26)27)10-15(9-12)23(28)29/h2-4,7-10H,5-6H2,1H3,(H,19,24)(H2,20,21,25,31). The molecular weight excluding hydrogens is 430 g/mol. The topological polar surface area (TPSA) is 166 Å². The van der Waals surface area contributed by atoms with E-state index in [0.29, 0.717) is 24.4 Å². The predicted molar refractivity (Wildman–Crippen MR) is 114 cm³/mol. The Kier molecular flexibility index (Phi) is 8.05. The molecule has 0 aliphatic heterocycles. The van der Waals surface area contributed by atoms with Crippen LogP contribution in [0.15, 0.2) is 42.5 Å². The number of rotatable bonds is 8. The van der Waals surface area contributed by atoms with Crippen LogP contribution in [-0.2, 0) is 4.74 Å². The van der Waals surface area contributed by atoms with Gasteiger partial charge in [0.15, 0.2) is 5.11 Å². The summed E-state index contributed by atoms with van der Waals surface area (Å²) in [4.78, 5) is 44.7. The van der Waals surface area contributed by atoms with E-state index >= 15 is 0 Å². The SMILES string of the molecule is COCCNC(=O)c1cccc(NC(=S)NC(=O)c2cc([N+](=O)[O-])cc([N+](=O)[O-])c2)c1. The van der Waals surface area contributed by atoms with Gasteiger partial charge in [-0.1, -0.05) is 6.07 Å². The minimum atomic E-state index is -0.877. The lowest BCUT2D eigenvalue weighted by Crippen LogP contribution is -2.34. The summed E-state index contributed by atoms with van der Waals surface area (Å²) in [5.74, 6) is -1.21. The molecule has 3 N–H and O–H groups in total. The number of ether oxygens (including phenoxy) is 1. The zero-order chi connectivity index (χ0) is 23.0. The third kappa shape index (κ3) is 6.80. The van der Waals surface area contributed by atoms with Crippen molar-refractivity contribution in [2.24, 2.45) is 0 Å². The average molecular weight is 447 g/mol. The van der Waals surface area contributed by atoms with Crippen LogP contribution in [0, 0.1) is 20.2 Å². The van der Waals surface area contributed by atoms with Crippen LogP contribution in [0.2, 0.25) is 0 Å². The van der Waals surface area contributed by atoms with Gasteiger partial charge in [-0.05, 0) is 30.4 Å². The number of nitro groups is 2. The summed E-state index contributed by atoms with van der Waals surface area (Å²) in [6.45, 7) is 0.687. The van der Waals surface area contributed by atoms with Crippen molar-refractivity contribution in [1.82, 2.24) is 10.6 Å². The molecule has 0 atom stereocenters. The zero-order valence-electron chi connectivity index (χ0n) is 16.1. The Morgan fingerprint density at radius 1 is 1.00 bits per heavy atom. The second kappa shape index (κ2) is 10.7. The molecule has 13 heteroatoms. The summed E-state index contributed by atoms with van der Waals surface area (Å²) >= 11 is 5.05. The third-order valence-electron chi connectivity index (χ3n) is 3.79. The van der Waals surface area contributed by atoms with Crippen LogP contribution in [0.3, 0.4) is 0 Å². The fraction of sp³-hybridized carbons (Fsp3) is 0.167. The summed E-state index contributed by atoms with van der Waals surface area (Å²) in [5, 5.41) is 29.4. The lowest BCUT2D eigenvalue weighted by atomic mass is 10.1. The van der Waals surface area contributed by atoms with Gasteiger partial charge < -0.3 is 15.4 Å². The third-order valence-corrected chi connectivity index (χ3v) is 3.99. The van der Waals surface area contributed by atoms with Gasteiger partial charge in [0.2, 0.25) is 0 Å². The molecule has 2 aromatic carbocycles. The molecule has 0 bridgehead atoms. The van der Waals surface area contributed by atoms with Crippen molar-refractivity contribution in [3.05, 3.63) is 73.8 Å². The van der Waals surface area contributed by atoms with Crippen LogP contribution < -0.4 is 16.0 Å². The maximum absolute atomic E-state index is 12.4. The first-order chi connectivity index (χ1) is 14.7. The largest absolute Gasteiger partial charge is 0.383 e. The van der Waals surface area contributed by atoms with E-state index < -0.39 is 27.1 Å². The first-order valence-electron chi connectivity index (χ1n) is 8.64. The Bertz CT molecular complexity index is 1010. The second-order valence-corrected chi connectivity index (χ2v) is 6.40. The predicted octanol–water partition coefficient (Wildman–Crippen LogP) is 2.01. The van der Waals surface area contributed by atoms with Crippen molar-refractivity contribution in [2.75, 3.05) is 25.6 Å². The van der Waals surface area contributed by atoms with Crippen molar-refractivity contribution < 1.29 is 24.2 Å². The van der Waals surface area contributed by atoms with Crippen LogP contribution in [0.4, 0.5) is 17.1 Å².